The highest BCUT2D eigenvalue weighted by atomic mass is 35.5. The normalized spacial score (nSPS) is 13.1. The molecule has 0 bridgehead atoms. The number of rotatable bonds is 7. The molecule has 2 N–H and O–H groups in total. The zero-order chi connectivity index (χ0) is 26.7. The van der Waals surface area contributed by atoms with Gasteiger partial charge in [-0.05, 0) is 67.9 Å². The lowest BCUT2D eigenvalue weighted by atomic mass is 10.1. The van der Waals surface area contributed by atoms with Crippen LogP contribution in [0.2, 0.25) is 5.02 Å². The van der Waals surface area contributed by atoms with Gasteiger partial charge in [0.05, 0.1) is 17.9 Å². The minimum Gasteiger partial charge on any atom is -0.462 e. The van der Waals surface area contributed by atoms with Crippen molar-refractivity contribution >= 4 is 64.0 Å². The predicted molar refractivity (Wildman–Crippen MR) is 142 cm³/mol. The van der Waals surface area contributed by atoms with Crippen LogP contribution in [0, 0.1) is 6.92 Å². The van der Waals surface area contributed by atoms with E-state index in [-0.39, 0.29) is 28.6 Å². The predicted octanol–water partition coefficient (Wildman–Crippen LogP) is 5.51. The summed E-state index contributed by atoms with van der Waals surface area (Å²) in [5, 5.41) is 5.82. The summed E-state index contributed by atoms with van der Waals surface area (Å²) in [5.74, 6) is -2.43. The van der Waals surface area contributed by atoms with Gasteiger partial charge in [0, 0.05) is 22.0 Å². The van der Waals surface area contributed by atoms with Gasteiger partial charge in [-0.15, -0.1) is 0 Å². The van der Waals surface area contributed by atoms with E-state index in [0.29, 0.717) is 22.0 Å². The summed E-state index contributed by atoms with van der Waals surface area (Å²) in [7, 11) is 0. The molecule has 0 fully saturated rings. The number of carbonyl (C=O) groups is 4. The fourth-order valence-electron chi connectivity index (χ4n) is 3.59. The number of nitrogens with one attached hydrogen (secondary N) is 2. The third-order valence-electron chi connectivity index (χ3n) is 5.47. The number of benzene rings is 3. The first kappa shape index (κ1) is 25.9. The number of aryl methyl sites for hydroxylation is 1. The summed E-state index contributed by atoms with van der Waals surface area (Å²) in [6.07, 6.45) is 0. The Bertz CT molecular complexity index is 1470. The van der Waals surface area contributed by atoms with E-state index in [9.17, 15) is 19.2 Å². The summed E-state index contributed by atoms with van der Waals surface area (Å²) in [6.45, 7) is 3.71. The Balaban J connectivity index is 1.53. The molecule has 3 amide bonds. The molecule has 1 aliphatic heterocycles. The minimum atomic E-state index is -0.750. The van der Waals surface area contributed by atoms with Crippen molar-refractivity contribution in [3.05, 3.63) is 99.2 Å². The molecule has 3 aromatic carbocycles. The summed E-state index contributed by atoms with van der Waals surface area (Å²) >= 11 is 12.4. The molecule has 0 radical (unpaired) electrons. The Labute approximate surface area is 222 Å². The Hall–Kier alpha value is -4.14. The van der Waals surface area contributed by atoms with Gasteiger partial charge in [-0.3, -0.25) is 14.4 Å². The topological polar surface area (TPSA) is 105 Å². The summed E-state index contributed by atoms with van der Waals surface area (Å²) in [5.41, 5.74) is 2.28. The van der Waals surface area contributed by atoms with Crippen molar-refractivity contribution in [3.8, 4) is 0 Å². The highest BCUT2D eigenvalue weighted by Gasteiger charge is 2.39. The Morgan fingerprint density at radius 3 is 2.35 bits per heavy atom. The maximum absolute atomic E-state index is 13.1. The lowest BCUT2D eigenvalue weighted by Gasteiger charge is -2.16. The van der Waals surface area contributed by atoms with E-state index in [1.165, 1.54) is 30.3 Å². The number of nitrogens with zero attached hydrogens (tertiary/aromatic N) is 1. The Morgan fingerprint density at radius 1 is 0.892 bits per heavy atom. The number of esters is 1. The lowest BCUT2D eigenvalue weighted by molar-refractivity contribution is -0.120. The van der Waals surface area contributed by atoms with Crippen LogP contribution in [-0.4, -0.2) is 30.3 Å². The van der Waals surface area contributed by atoms with Crippen molar-refractivity contribution in [1.29, 1.82) is 0 Å². The first-order valence-corrected chi connectivity index (χ1v) is 12.0. The minimum absolute atomic E-state index is 0.156. The Kier molecular flexibility index (Phi) is 7.61. The van der Waals surface area contributed by atoms with E-state index >= 15 is 0 Å². The number of ether oxygens (including phenoxy) is 1. The first-order chi connectivity index (χ1) is 17.7. The van der Waals surface area contributed by atoms with Crippen LogP contribution in [0.3, 0.4) is 0 Å². The number of imide groups is 1. The quantitative estimate of drug-likeness (QED) is 0.304. The van der Waals surface area contributed by atoms with Crippen LogP contribution < -0.4 is 15.5 Å². The number of anilines is 3. The van der Waals surface area contributed by atoms with E-state index in [0.717, 1.165) is 10.5 Å². The molecule has 3 aromatic rings. The molecule has 0 spiro atoms. The number of amides is 3. The SMILES string of the molecule is CCOC(=O)c1cccc(N2C(=O)C(Cl)=C(Nc3cccc(C(=O)Nc4ccc(C)c(Cl)c4)c3)C2=O)c1. The number of hydrogen-bond acceptors (Lipinski definition) is 6. The molecule has 0 aliphatic carbocycles. The number of hydrogen-bond donors (Lipinski definition) is 2. The molecule has 0 saturated heterocycles. The standard InChI is InChI=1S/C27H21Cl2N3O5/c1-3-37-27(36)17-7-5-9-20(13-17)32-25(34)22(29)23(26(32)35)30-18-8-4-6-16(12-18)24(33)31-19-11-10-15(2)21(28)14-19/h4-14,30H,3H2,1-2H3,(H,31,33). The monoisotopic (exact) mass is 537 g/mol. The van der Waals surface area contributed by atoms with Gasteiger partial charge < -0.3 is 15.4 Å². The van der Waals surface area contributed by atoms with Crippen molar-refractivity contribution in [1.82, 2.24) is 0 Å². The fraction of sp³-hybridized carbons (Fsp3) is 0.111. The molecule has 0 atom stereocenters. The van der Waals surface area contributed by atoms with E-state index in [1.807, 2.05) is 6.92 Å². The molecule has 37 heavy (non-hydrogen) atoms. The lowest BCUT2D eigenvalue weighted by Crippen LogP contribution is -2.32. The molecule has 0 aromatic heterocycles. The molecule has 1 heterocycles. The maximum Gasteiger partial charge on any atom is 0.338 e. The molecule has 0 saturated carbocycles. The van der Waals surface area contributed by atoms with Gasteiger partial charge in [0.25, 0.3) is 17.7 Å². The van der Waals surface area contributed by atoms with Crippen molar-refractivity contribution in [2.45, 2.75) is 13.8 Å². The molecular formula is C27H21Cl2N3O5. The van der Waals surface area contributed by atoms with Crippen LogP contribution in [0.4, 0.5) is 17.1 Å². The molecule has 1 aliphatic rings. The molecule has 188 valence electrons. The van der Waals surface area contributed by atoms with Crippen LogP contribution in [0.1, 0.15) is 33.2 Å². The second-order valence-electron chi connectivity index (χ2n) is 8.03. The van der Waals surface area contributed by atoms with Gasteiger partial charge >= 0.3 is 5.97 Å². The molecule has 0 unspecified atom stereocenters. The molecular weight excluding hydrogens is 517 g/mol. The highest BCUT2D eigenvalue weighted by molar-refractivity contribution is 6.53. The largest absolute Gasteiger partial charge is 0.462 e. The van der Waals surface area contributed by atoms with Crippen LogP contribution in [0.5, 0.6) is 0 Å². The first-order valence-electron chi connectivity index (χ1n) is 11.2. The summed E-state index contributed by atoms with van der Waals surface area (Å²) < 4.78 is 4.98. The summed E-state index contributed by atoms with van der Waals surface area (Å²) in [6, 6.07) is 17.5. The van der Waals surface area contributed by atoms with Gasteiger partial charge in [-0.2, -0.15) is 0 Å². The third-order valence-corrected chi connectivity index (χ3v) is 6.22. The van der Waals surface area contributed by atoms with Crippen molar-refractivity contribution in [2.24, 2.45) is 0 Å². The molecule has 10 heteroatoms. The zero-order valence-electron chi connectivity index (χ0n) is 19.8. The Morgan fingerprint density at radius 2 is 1.62 bits per heavy atom. The summed E-state index contributed by atoms with van der Waals surface area (Å²) in [4.78, 5) is 51.7. The van der Waals surface area contributed by atoms with E-state index in [4.69, 9.17) is 27.9 Å². The van der Waals surface area contributed by atoms with Crippen LogP contribution >= 0.6 is 23.2 Å². The van der Waals surface area contributed by atoms with Crippen molar-refractivity contribution in [2.75, 3.05) is 22.1 Å². The molecule has 8 nitrogen and oxygen atoms in total. The number of halogens is 2. The highest BCUT2D eigenvalue weighted by Crippen LogP contribution is 2.31. The second kappa shape index (κ2) is 10.9. The maximum atomic E-state index is 13.1. The van der Waals surface area contributed by atoms with Gasteiger partial charge in [0.2, 0.25) is 0 Å². The average molecular weight is 538 g/mol. The van der Waals surface area contributed by atoms with Crippen molar-refractivity contribution in [3.63, 3.8) is 0 Å². The third kappa shape index (κ3) is 5.50. The smallest absolute Gasteiger partial charge is 0.338 e. The average Bonchev–Trinajstić information content (AvgIpc) is 3.09. The second-order valence-corrected chi connectivity index (χ2v) is 8.81. The molecule has 4 rings (SSSR count). The van der Waals surface area contributed by atoms with Crippen LogP contribution in [-0.2, 0) is 14.3 Å². The van der Waals surface area contributed by atoms with Crippen LogP contribution in [0.15, 0.2) is 77.5 Å². The fourth-order valence-corrected chi connectivity index (χ4v) is 3.98. The van der Waals surface area contributed by atoms with Gasteiger partial charge in [0.1, 0.15) is 10.7 Å². The van der Waals surface area contributed by atoms with Gasteiger partial charge in [0.15, 0.2) is 0 Å². The zero-order valence-corrected chi connectivity index (χ0v) is 21.3. The van der Waals surface area contributed by atoms with E-state index in [1.54, 1.807) is 43.3 Å². The van der Waals surface area contributed by atoms with Crippen LogP contribution in [0.25, 0.3) is 0 Å². The number of carbonyl (C=O) groups excluding carboxylic acids is 4. The van der Waals surface area contributed by atoms with Gasteiger partial charge in [-0.25, -0.2) is 9.69 Å². The van der Waals surface area contributed by atoms with Crippen molar-refractivity contribution < 1.29 is 23.9 Å². The van der Waals surface area contributed by atoms with Gasteiger partial charge in [-0.1, -0.05) is 41.4 Å². The van der Waals surface area contributed by atoms with E-state index in [2.05, 4.69) is 10.6 Å². The van der Waals surface area contributed by atoms with E-state index < -0.39 is 23.7 Å².